The molecule has 0 saturated heterocycles. The first-order chi connectivity index (χ1) is 7.83. The van der Waals surface area contributed by atoms with Crippen LogP contribution in [-0.2, 0) is 6.54 Å². The Balaban J connectivity index is 1.70. The minimum Gasteiger partial charge on any atom is -0.408 e. The number of hydrogen-bond donors (Lipinski definition) is 1. The molecule has 1 N–H and O–H groups in total. The van der Waals surface area contributed by atoms with E-state index in [1.807, 2.05) is 11.9 Å². The number of anilines is 1. The third kappa shape index (κ3) is 1.78. The number of imidazole rings is 1. The van der Waals surface area contributed by atoms with E-state index in [1.54, 1.807) is 12.4 Å². The minimum atomic E-state index is 0.498. The third-order valence-corrected chi connectivity index (χ3v) is 2.62. The Morgan fingerprint density at radius 1 is 1.50 bits per heavy atom. The molecular weight excluding hydrogens is 206 g/mol. The van der Waals surface area contributed by atoms with Gasteiger partial charge in [0.2, 0.25) is 5.89 Å². The average molecular weight is 219 g/mol. The van der Waals surface area contributed by atoms with Crippen molar-refractivity contribution in [1.29, 1.82) is 0 Å². The molecule has 6 nitrogen and oxygen atoms in total. The summed E-state index contributed by atoms with van der Waals surface area (Å²) in [6, 6.07) is 0.554. The molecule has 0 spiro atoms. The molecule has 0 aliphatic heterocycles. The van der Waals surface area contributed by atoms with E-state index >= 15 is 0 Å². The molecule has 2 heterocycles. The molecule has 2 aromatic heterocycles. The summed E-state index contributed by atoms with van der Waals surface area (Å²) >= 11 is 0. The van der Waals surface area contributed by atoms with Gasteiger partial charge < -0.3 is 14.3 Å². The zero-order valence-corrected chi connectivity index (χ0v) is 9.05. The highest BCUT2D eigenvalue weighted by Crippen LogP contribution is 2.39. The van der Waals surface area contributed by atoms with Crippen molar-refractivity contribution in [3.8, 4) is 0 Å². The van der Waals surface area contributed by atoms with Crippen molar-refractivity contribution in [3.05, 3.63) is 24.1 Å². The van der Waals surface area contributed by atoms with Crippen LogP contribution in [0.1, 0.15) is 30.5 Å². The number of H-pyrrole nitrogens is 1. The lowest BCUT2D eigenvalue weighted by Crippen LogP contribution is -2.17. The zero-order valence-electron chi connectivity index (χ0n) is 9.05. The van der Waals surface area contributed by atoms with Crippen LogP contribution < -0.4 is 4.90 Å². The fourth-order valence-corrected chi connectivity index (χ4v) is 1.55. The van der Waals surface area contributed by atoms with Gasteiger partial charge in [0, 0.05) is 25.4 Å². The highest BCUT2D eigenvalue weighted by atomic mass is 16.4. The second kappa shape index (κ2) is 3.62. The lowest BCUT2D eigenvalue weighted by molar-refractivity contribution is 0.489. The van der Waals surface area contributed by atoms with Gasteiger partial charge >= 0.3 is 6.01 Å². The van der Waals surface area contributed by atoms with E-state index in [9.17, 15) is 0 Å². The quantitative estimate of drug-likeness (QED) is 0.839. The van der Waals surface area contributed by atoms with Gasteiger partial charge in [0.05, 0.1) is 6.54 Å². The Morgan fingerprint density at radius 2 is 2.38 bits per heavy atom. The van der Waals surface area contributed by atoms with Gasteiger partial charge in [-0.1, -0.05) is 5.10 Å². The number of nitrogens with one attached hydrogen (secondary N) is 1. The number of hydrogen-bond acceptors (Lipinski definition) is 5. The van der Waals surface area contributed by atoms with Crippen LogP contribution in [0.5, 0.6) is 0 Å². The van der Waals surface area contributed by atoms with Crippen molar-refractivity contribution in [2.45, 2.75) is 25.3 Å². The maximum atomic E-state index is 5.58. The highest BCUT2D eigenvalue weighted by molar-refractivity contribution is 5.23. The van der Waals surface area contributed by atoms with Crippen molar-refractivity contribution in [1.82, 2.24) is 20.2 Å². The first kappa shape index (κ1) is 9.38. The van der Waals surface area contributed by atoms with E-state index in [0.29, 0.717) is 18.5 Å². The van der Waals surface area contributed by atoms with Crippen LogP contribution in [0.2, 0.25) is 0 Å². The van der Waals surface area contributed by atoms with Gasteiger partial charge in [0.1, 0.15) is 5.82 Å². The van der Waals surface area contributed by atoms with Crippen molar-refractivity contribution >= 4 is 6.01 Å². The molecule has 0 unspecified atom stereocenters. The number of aromatic amines is 1. The molecule has 1 aliphatic carbocycles. The predicted molar refractivity (Wildman–Crippen MR) is 57.0 cm³/mol. The molecule has 0 atom stereocenters. The van der Waals surface area contributed by atoms with Gasteiger partial charge in [-0.25, -0.2) is 4.98 Å². The summed E-state index contributed by atoms with van der Waals surface area (Å²) in [5.41, 5.74) is 0. The summed E-state index contributed by atoms with van der Waals surface area (Å²) in [6.07, 6.45) is 5.87. The monoisotopic (exact) mass is 219 g/mol. The van der Waals surface area contributed by atoms with Gasteiger partial charge in [-0.2, -0.15) is 0 Å². The predicted octanol–water partition coefficient (Wildman–Crippen LogP) is 1.31. The topological polar surface area (TPSA) is 70.8 Å². The molecule has 1 saturated carbocycles. The molecule has 3 rings (SSSR count). The fraction of sp³-hybridized carbons (Fsp3) is 0.500. The SMILES string of the molecule is CN(Cc1ncc[nH]1)c1nnc(C2CC2)o1. The van der Waals surface area contributed by atoms with Crippen LogP contribution in [-0.4, -0.2) is 27.2 Å². The summed E-state index contributed by atoms with van der Waals surface area (Å²) in [4.78, 5) is 9.07. The van der Waals surface area contributed by atoms with Gasteiger partial charge in [-0.05, 0) is 12.8 Å². The van der Waals surface area contributed by atoms with Gasteiger partial charge in [-0.15, -0.1) is 5.10 Å². The molecule has 1 fully saturated rings. The molecule has 0 bridgehead atoms. The lowest BCUT2D eigenvalue weighted by Gasteiger charge is -2.11. The Hall–Kier alpha value is -1.85. The molecular formula is C10H13N5O. The largest absolute Gasteiger partial charge is 0.408 e. The van der Waals surface area contributed by atoms with Gasteiger partial charge in [0.25, 0.3) is 0 Å². The minimum absolute atomic E-state index is 0.498. The Morgan fingerprint density at radius 3 is 3.06 bits per heavy atom. The molecule has 0 radical (unpaired) electrons. The molecule has 0 amide bonds. The average Bonchev–Trinajstić information content (AvgIpc) is 2.82. The Bertz CT molecular complexity index is 459. The van der Waals surface area contributed by atoms with E-state index < -0.39 is 0 Å². The zero-order chi connectivity index (χ0) is 11.0. The number of aromatic nitrogens is 4. The van der Waals surface area contributed by atoms with E-state index in [2.05, 4.69) is 20.2 Å². The van der Waals surface area contributed by atoms with Gasteiger partial charge in [0.15, 0.2) is 0 Å². The molecule has 1 aliphatic rings. The van der Waals surface area contributed by atoms with Crippen LogP contribution in [0.25, 0.3) is 0 Å². The molecule has 6 heteroatoms. The van der Waals surface area contributed by atoms with Gasteiger partial charge in [-0.3, -0.25) is 0 Å². The number of nitrogens with zero attached hydrogens (tertiary/aromatic N) is 4. The molecule has 16 heavy (non-hydrogen) atoms. The summed E-state index contributed by atoms with van der Waals surface area (Å²) < 4.78 is 5.58. The van der Waals surface area contributed by atoms with Crippen LogP contribution in [0.4, 0.5) is 6.01 Å². The standard InChI is InChI=1S/C10H13N5O/c1-15(6-8-11-4-5-12-8)10-14-13-9(16-10)7-2-3-7/h4-5,7H,2-3,6H2,1H3,(H,11,12). The summed E-state index contributed by atoms with van der Waals surface area (Å²) in [7, 11) is 1.91. The maximum Gasteiger partial charge on any atom is 0.318 e. The highest BCUT2D eigenvalue weighted by Gasteiger charge is 2.29. The van der Waals surface area contributed by atoms with E-state index in [0.717, 1.165) is 11.7 Å². The van der Waals surface area contributed by atoms with Crippen molar-refractivity contribution in [2.75, 3.05) is 11.9 Å². The normalized spacial score (nSPS) is 15.3. The molecule has 0 aromatic carbocycles. The van der Waals surface area contributed by atoms with Crippen molar-refractivity contribution in [2.24, 2.45) is 0 Å². The van der Waals surface area contributed by atoms with Crippen LogP contribution in [0.15, 0.2) is 16.8 Å². The van der Waals surface area contributed by atoms with E-state index in [4.69, 9.17) is 4.42 Å². The third-order valence-electron chi connectivity index (χ3n) is 2.62. The molecule has 2 aromatic rings. The van der Waals surface area contributed by atoms with Crippen molar-refractivity contribution in [3.63, 3.8) is 0 Å². The van der Waals surface area contributed by atoms with E-state index in [-0.39, 0.29) is 0 Å². The van der Waals surface area contributed by atoms with Crippen LogP contribution >= 0.6 is 0 Å². The Kier molecular flexibility index (Phi) is 2.12. The number of rotatable bonds is 4. The lowest BCUT2D eigenvalue weighted by atomic mass is 10.4. The first-order valence-electron chi connectivity index (χ1n) is 5.36. The second-order valence-corrected chi connectivity index (χ2v) is 4.09. The fourth-order valence-electron chi connectivity index (χ4n) is 1.55. The van der Waals surface area contributed by atoms with Crippen molar-refractivity contribution < 1.29 is 4.42 Å². The first-order valence-corrected chi connectivity index (χ1v) is 5.36. The van der Waals surface area contributed by atoms with E-state index in [1.165, 1.54) is 12.8 Å². The summed E-state index contributed by atoms with van der Waals surface area (Å²) in [5, 5.41) is 8.07. The smallest absolute Gasteiger partial charge is 0.318 e. The summed E-state index contributed by atoms with van der Waals surface area (Å²) in [5.74, 6) is 2.15. The summed E-state index contributed by atoms with van der Waals surface area (Å²) in [6.45, 7) is 0.638. The molecule has 84 valence electrons. The second-order valence-electron chi connectivity index (χ2n) is 4.09. The van der Waals surface area contributed by atoms with Crippen LogP contribution in [0.3, 0.4) is 0 Å². The maximum absolute atomic E-state index is 5.58. The Labute approximate surface area is 92.7 Å². The van der Waals surface area contributed by atoms with Crippen LogP contribution in [0, 0.1) is 0 Å².